The van der Waals surface area contributed by atoms with Gasteiger partial charge in [0.05, 0.1) is 18.1 Å². The molecule has 2 aliphatic heterocycles. The van der Waals surface area contributed by atoms with E-state index in [1.165, 1.54) is 11.8 Å². The van der Waals surface area contributed by atoms with Gasteiger partial charge in [0.2, 0.25) is 5.91 Å². The molecule has 1 aromatic carbocycles. The number of ether oxygens (including phenoxy) is 1. The average Bonchev–Trinajstić information content (AvgIpc) is 2.99. The number of carbonyl (C=O) groups excluding carboxylic acids is 2. The van der Waals surface area contributed by atoms with Crippen molar-refractivity contribution in [2.45, 2.75) is 38.1 Å². The van der Waals surface area contributed by atoms with Gasteiger partial charge >= 0.3 is 11.9 Å². The molecule has 150 valence electrons. The molecule has 0 saturated carbocycles. The average molecular weight is 406 g/mol. The zero-order chi connectivity index (χ0) is 20.4. The number of thioether (sulfide) groups is 1. The maximum atomic E-state index is 12.2. The maximum Gasteiger partial charge on any atom is 0.353 e. The van der Waals surface area contributed by atoms with Gasteiger partial charge in [0, 0.05) is 17.1 Å². The molecule has 4 N–H and O–H groups in total. The van der Waals surface area contributed by atoms with Gasteiger partial charge in [0.25, 0.3) is 0 Å². The first-order chi connectivity index (χ1) is 13.3. The fourth-order valence-corrected chi connectivity index (χ4v) is 4.58. The summed E-state index contributed by atoms with van der Waals surface area (Å²) in [6, 6.07) is 7.91. The summed E-state index contributed by atoms with van der Waals surface area (Å²) in [5.41, 5.74) is 6.64. The van der Waals surface area contributed by atoms with Crippen LogP contribution in [0.5, 0.6) is 0 Å². The van der Waals surface area contributed by atoms with Gasteiger partial charge in [0.1, 0.15) is 18.3 Å². The van der Waals surface area contributed by atoms with Crippen LogP contribution in [0.15, 0.2) is 40.9 Å². The molecule has 8 nitrogen and oxygen atoms in total. The van der Waals surface area contributed by atoms with Crippen LogP contribution in [0.1, 0.15) is 18.9 Å². The van der Waals surface area contributed by atoms with Crippen LogP contribution in [0, 0.1) is 5.92 Å². The van der Waals surface area contributed by atoms with Crippen molar-refractivity contribution in [2.75, 3.05) is 5.75 Å². The Morgan fingerprint density at radius 1 is 1.36 bits per heavy atom. The number of hydrogen-bond donors (Lipinski definition) is 3. The number of nitrogens with zero attached hydrogens (tertiary/aromatic N) is 1. The van der Waals surface area contributed by atoms with E-state index in [1.54, 1.807) is 0 Å². The lowest BCUT2D eigenvalue weighted by atomic mass is 9.83. The molecule has 1 saturated heterocycles. The second kappa shape index (κ2) is 8.34. The topological polar surface area (TPSA) is 130 Å². The minimum atomic E-state index is -1.21. The molecule has 1 aromatic rings. The van der Waals surface area contributed by atoms with Gasteiger partial charge in [-0.1, -0.05) is 30.3 Å². The molecular weight excluding hydrogens is 384 g/mol. The lowest BCUT2D eigenvalue weighted by Gasteiger charge is -2.44. The van der Waals surface area contributed by atoms with Crippen LogP contribution in [-0.4, -0.2) is 56.9 Å². The van der Waals surface area contributed by atoms with Crippen LogP contribution >= 0.6 is 11.8 Å². The number of amides is 1. The quantitative estimate of drug-likeness (QED) is 0.425. The number of hydrogen-bond acceptors (Lipinski definition) is 7. The van der Waals surface area contributed by atoms with E-state index in [2.05, 4.69) is 0 Å². The van der Waals surface area contributed by atoms with E-state index in [9.17, 15) is 24.6 Å². The van der Waals surface area contributed by atoms with E-state index >= 15 is 0 Å². The highest BCUT2D eigenvalue weighted by Crippen LogP contribution is 2.47. The van der Waals surface area contributed by atoms with E-state index in [0.717, 1.165) is 17.3 Å². The summed E-state index contributed by atoms with van der Waals surface area (Å²) in [7, 11) is 0. The fourth-order valence-electron chi connectivity index (χ4n) is 3.45. The van der Waals surface area contributed by atoms with E-state index in [4.69, 9.17) is 10.5 Å². The highest BCUT2D eigenvalue weighted by atomic mass is 32.2. The molecule has 0 bridgehead atoms. The second-order valence-corrected chi connectivity index (χ2v) is 7.95. The van der Waals surface area contributed by atoms with Crippen molar-refractivity contribution in [1.29, 1.82) is 0 Å². The third-order valence-corrected chi connectivity index (χ3v) is 6.09. The lowest BCUT2D eigenvalue weighted by molar-refractivity contribution is -0.161. The monoisotopic (exact) mass is 406 g/mol. The Labute approximate surface area is 166 Å². The highest BCUT2D eigenvalue weighted by molar-refractivity contribution is 8.03. The molecule has 1 amide bonds. The first-order valence-corrected chi connectivity index (χ1v) is 9.86. The molecule has 9 heteroatoms. The Kier molecular flexibility index (Phi) is 6.07. The van der Waals surface area contributed by atoms with Gasteiger partial charge in [-0.15, -0.1) is 11.8 Å². The Hall–Kier alpha value is -2.36. The van der Waals surface area contributed by atoms with E-state index in [-0.39, 0.29) is 30.0 Å². The molecule has 4 atom stereocenters. The Morgan fingerprint density at radius 2 is 2.04 bits per heavy atom. The number of β-lactam (4-membered cyclic amide) rings is 1. The normalized spacial score (nSPS) is 23.1. The molecule has 28 heavy (non-hydrogen) atoms. The van der Waals surface area contributed by atoms with Gasteiger partial charge < -0.3 is 25.6 Å². The Balaban J connectivity index is 1.58. The van der Waals surface area contributed by atoms with Crippen molar-refractivity contribution in [2.24, 2.45) is 11.7 Å². The maximum absolute atomic E-state index is 12.2. The minimum absolute atomic E-state index is 0.0817. The summed E-state index contributed by atoms with van der Waals surface area (Å²) >= 11 is 1.14. The third kappa shape index (κ3) is 3.91. The number of rotatable bonds is 8. The second-order valence-electron chi connectivity index (χ2n) is 6.83. The number of esters is 1. The van der Waals surface area contributed by atoms with Gasteiger partial charge in [-0.25, -0.2) is 4.79 Å². The number of carboxylic acid groups (broad SMARTS) is 1. The van der Waals surface area contributed by atoms with Gasteiger partial charge in [-0.3, -0.25) is 9.59 Å². The Morgan fingerprint density at radius 3 is 2.64 bits per heavy atom. The van der Waals surface area contributed by atoms with Crippen LogP contribution in [0.2, 0.25) is 0 Å². The standard InChI is InChI=1S/C19H22N2O6S/c1-10(22)15-13-7-14(16(18(24)25)21(13)17(15)23)28-9-12(20)19(26)27-8-11-5-3-2-4-6-11/h2-6,10,12-13,15,22H,7-9,20H2,1H3,(H,24,25)/t10?,12-,13+,15+/m0/s1. The number of fused-ring (bicyclic) bond motifs is 1. The number of aliphatic hydroxyl groups excluding tert-OH is 1. The first kappa shape index (κ1) is 20.4. The van der Waals surface area contributed by atoms with E-state index in [1.807, 2.05) is 30.3 Å². The predicted molar refractivity (Wildman–Crippen MR) is 102 cm³/mol. The van der Waals surface area contributed by atoms with Crippen molar-refractivity contribution in [3.05, 3.63) is 46.5 Å². The minimum Gasteiger partial charge on any atom is -0.477 e. The number of benzene rings is 1. The van der Waals surface area contributed by atoms with Crippen LogP contribution in [-0.2, 0) is 25.7 Å². The van der Waals surface area contributed by atoms with Gasteiger partial charge in [-0.05, 0) is 12.5 Å². The first-order valence-electron chi connectivity index (χ1n) is 8.87. The molecule has 1 fully saturated rings. The van der Waals surface area contributed by atoms with Crippen LogP contribution < -0.4 is 5.73 Å². The van der Waals surface area contributed by atoms with E-state index in [0.29, 0.717) is 11.3 Å². The van der Waals surface area contributed by atoms with Crippen molar-refractivity contribution in [1.82, 2.24) is 4.90 Å². The van der Waals surface area contributed by atoms with Crippen molar-refractivity contribution >= 4 is 29.6 Å². The zero-order valence-electron chi connectivity index (χ0n) is 15.3. The predicted octanol–water partition coefficient (Wildman–Crippen LogP) is 0.698. The SMILES string of the molecule is CC(O)[C@H]1C(=O)N2C(C(=O)O)=C(SC[C@H](N)C(=O)OCc3ccccc3)C[C@H]12. The molecule has 0 aromatic heterocycles. The largest absolute Gasteiger partial charge is 0.477 e. The van der Waals surface area contributed by atoms with Crippen molar-refractivity contribution in [3.63, 3.8) is 0 Å². The summed E-state index contributed by atoms with van der Waals surface area (Å²) in [6.45, 7) is 1.63. The zero-order valence-corrected chi connectivity index (χ0v) is 16.1. The van der Waals surface area contributed by atoms with Crippen LogP contribution in [0.3, 0.4) is 0 Å². The summed E-state index contributed by atoms with van der Waals surface area (Å²) in [5, 5.41) is 19.2. The number of aliphatic hydroxyl groups is 1. The number of nitrogens with two attached hydrogens (primary N) is 1. The molecule has 0 aliphatic carbocycles. The molecule has 3 rings (SSSR count). The summed E-state index contributed by atoms with van der Waals surface area (Å²) in [6.07, 6.45) is -0.511. The number of aliphatic carboxylic acids is 1. The van der Waals surface area contributed by atoms with Crippen LogP contribution in [0.25, 0.3) is 0 Å². The van der Waals surface area contributed by atoms with Gasteiger partial charge in [-0.2, -0.15) is 0 Å². The molecule has 2 heterocycles. The Bertz CT molecular complexity index is 810. The molecule has 0 radical (unpaired) electrons. The van der Waals surface area contributed by atoms with Gasteiger partial charge in [0.15, 0.2) is 0 Å². The smallest absolute Gasteiger partial charge is 0.353 e. The van der Waals surface area contributed by atoms with Crippen molar-refractivity contribution < 1.29 is 29.3 Å². The molecular formula is C19H22N2O6S. The third-order valence-electron chi connectivity index (χ3n) is 4.85. The van der Waals surface area contributed by atoms with E-state index < -0.39 is 30.0 Å². The number of carbonyl (C=O) groups is 3. The fraction of sp³-hybridized carbons (Fsp3) is 0.421. The van der Waals surface area contributed by atoms with Crippen molar-refractivity contribution in [3.8, 4) is 0 Å². The molecule has 2 aliphatic rings. The van der Waals surface area contributed by atoms with Crippen LogP contribution in [0.4, 0.5) is 0 Å². The summed E-state index contributed by atoms with van der Waals surface area (Å²) < 4.78 is 5.19. The lowest BCUT2D eigenvalue weighted by Crippen LogP contribution is -2.61. The highest BCUT2D eigenvalue weighted by Gasteiger charge is 2.56. The molecule has 1 unspecified atom stereocenters. The molecule has 0 spiro atoms. The number of carboxylic acids is 1. The summed E-state index contributed by atoms with van der Waals surface area (Å²) in [5.74, 6) is -2.64. The summed E-state index contributed by atoms with van der Waals surface area (Å²) in [4.78, 5) is 37.6.